The van der Waals surface area contributed by atoms with Crippen molar-refractivity contribution in [2.75, 3.05) is 0 Å². The summed E-state index contributed by atoms with van der Waals surface area (Å²) in [6, 6.07) is 65.0. The topological polar surface area (TPSA) is 14.8 Å². The highest BCUT2D eigenvalue weighted by Crippen LogP contribution is 2.53. The lowest BCUT2D eigenvalue weighted by molar-refractivity contribution is 0.664. The highest BCUT2D eigenvalue weighted by Gasteiger charge is 2.38. The molecule has 0 unspecified atom stereocenters. The molecule has 0 radical (unpaired) electrons. The van der Waals surface area contributed by atoms with Gasteiger partial charge in [0.15, 0.2) is 0 Å². The third kappa shape index (κ3) is 3.80. The molecule has 0 spiro atoms. The maximum absolute atomic E-state index is 2.54. The van der Waals surface area contributed by atoms with E-state index in [-0.39, 0.29) is 5.41 Å². The second-order valence-electron chi connectivity index (χ2n) is 15.4. The molecule has 3 heteroatoms. The molecule has 8 aromatic carbocycles. The van der Waals surface area contributed by atoms with E-state index in [1.54, 1.807) is 0 Å². The number of hydrogen-bond acceptors (Lipinski definition) is 0. The molecule has 11 aromatic rings. The van der Waals surface area contributed by atoms with Gasteiger partial charge < -0.3 is 13.7 Å². The first-order valence-corrected chi connectivity index (χ1v) is 18.9. The number of aromatic nitrogens is 3. The van der Waals surface area contributed by atoms with Crippen molar-refractivity contribution in [1.29, 1.82) is 0 Å². The Labute approximate surface area is 312 Å². The van der Waals surface area contributed by atoms with Gasteiger partial charge in [-0.3, -0.25) is 0 Å². The Hall–Kier alpha value is -6.84. The van der Waals surface area contributed by atoms with Gasteiger partial charge in [-0.1, -0.05) is 129 Å². The minimum atomic E-state index is -0.145. The van der Waals surface area contributed by atoms with E-state index in [2.05, 4.69) is 203 Å². The van der Waals surface area contributed by atoms with Gasteiger partial charge in [0.2, 0.25) is 0 Å². The number of benzene rings is 8. The third-order valence-electron chi connectivity index (χ3n) is 12.2. The Morgan fingerprint density at radius 2 is 0.852 bits per heavy atom. The summed E-state index contributed by atoms with van der Waals surface area (Å²) < 4.78 is 7.39. The van der Waals surface area contributed by atoms with Gasteiger partial charge in [-0.2, -0.15) is 0 Å². The van der Waals surface area contributed by atoms with Crippen LogP contribution in [0.1, 0.15) is 25.0 Å². The first-order chi connectivity index (χ1) is 26.6. The summed E-state index contributed by atoms with van der Waals surface area (Å²) in [5, 5.41) is 7.59. The van der Waals surface area contributed by atoms with Crippen LogP contribution >= 0.6 is 0 Å². The van der Waals surface area contributed by atoms with Crippen molar-refractivity contribution in [2.24, 2.45) is 0 Å². The van der Waals surface area contributed by atoms with Crippen LogP contribution < -0.4 is 0 Å². The fourth-order valence-corrected chi connectivity index (χ4v) is 9.91. The highest BCUT2D eigenvalue weighted by atomic mass is 15.0. The van der Waals surface area contributed by atoms with Crippen LogP contribution in [0.4, 0.5) is 0 Å². The first kappa shape index (κ1) is 29.7. The van der Waals surface area contributed by atoms with Crippen molar-refractivity contribution < 1.29 is 0 Å². The minimum absolute atomic E-state index is 0.145. The Kier molecular flexibility index (Phi) is 5.84. The average molecular weight is 690 g/mol. The van der Waals surface area contributed by atoms with Crippen molar-refractivity contribution in [3.63, 3.8) is 0 Å². The van der Waals surface area contributed by atoms with Crippen LogP contribution in [0, 0.1) is 0 Å². The Morgan fingerprint density at radius 3 is 1.59 bits per heavy atom. The standard InChI is InChI=1S/C51H35N3/c1-51(2)43-20-10-6-16-35(43)40-27-28-41-38-19-9-13-23-46(38)54(50(41)49(40)51)33-25-29-47-42(30-33)39-26-24-34(31-48(39)52(47)32-14-4-3-5-15-32)53-44-21-11-7-17-36(44)37-18-8-12-22-45(37)53/h3-31H,1-2H3. The summed E-state index contributed by atoms with van der Waals surface area (Å²) in [6.07, 6.45) is 0. The van der Waals surface area contributed by atoms with Gasteiger partial charge >= 0.3 is 0 Å². The minimum Gasteiger partial charge on any atom is -0.309 e. The zero-order chi connectivity index (χ0) is 35.7. The summed E-state index contributed by atoms with van der Waals surface area (Å²) in [6.45, 7) is 4.79. The molecule has 1 aliphatic rings. The molecule has 54 heavy (non-hydrogen) atoms. The molecular formula is C51H35N3. The Bertz CT molecular complexity index is 3300. The predicted octanol–water partition coefficient (Wildman–Crippen LogP) is 13.3. The lowest BCUT2D eigenvalue weighted by Gasteiger charge is -2.23. The largest absolute Gasteiger partial charge is 0.309 e. The summed E-state index contributed by atoms with van der Waals surface area (Å²) in [5.41, 5.74) is 16.2. The monoisotopic (exact) mass is 689 g/mol. The van der Waals surface area contributed by atoms with E-state index in [0.29, 0.717) is 0 Å². The molecule has 0 fully saturated rings. The van der Waals surface area contributed by atoms with Crippen LogP contribution in [0.3, 0.4) is 0 Å². The van der Waals surface area contributed by atoms with Crippen molar-refractivity contribution in [2.45, 2.75) is 19.3 Å². The summed E-state index contributed by atoms with van der Waals surface area (Å²) >= 11 is 0. The van der Waals surface area contributed by atoms with E-state index in [4.69, 9.17) is 0 Å². The van der Waals surface area contributed by atoms with Crippen LogP contribution in [0.5, 0.6) is 0 Å². The van der Waals surface area contributed by atoms with Gasteiger partial charge in [-0.25, -0.2) is 0 Å². The van der Waals surface area contributed by atoms with Crippen LogP contribution in [-0.2, 0) is 5.41 Å². The maximum atomic E-state index is 2.54. The summed E-state index contributed by atoms with van der Waals surface area (Å²) in [4.78, 5) is 0. The average Bonchev–Trinajstić information content (AvgIpc) is 3.91. The molecule has 0 amide bonds. The molecule has 254 valence electrons. The molecule has 12 rings (SSSR count). The van der Waals surface area contributed by atoms with Crippen LogP contribution in [0.15, 0.2) is 176 Å². The van der Waals surface area contributed by atoms with Crippen LogP contribution in [0.25, 0.3) is 93.6 Å². The molecule has 0 saturated carbocycles. The van der Waals surface area contributed by atoms with Crippen LogP contribution in [0.2, 0.25) is 0 Å². The van der Waals surface area contributed by atoms with Crippen LogP contribution in [-0.4, -0.2) is 13.7 Å². The Balaban J connectivity index is 1.16. The number of fused-ring (bicyclic) bond motifs is 13. The lowest BCUT2D eigenvalue weighted by Crippen LogP contribution is -2.16. The van der Waals surface area contributed by atoms with Gasteiger partial charge in [0, 0.05) is 54.8 Å². The molecule has 1 aliphatic carbocycles. The van der Waals surface area contributed by atoms with Crippen molar-refractivity contribution in [3.8, 4) is 28.2 Å². The molecule has 3 aromatic heterocycles. The molecule has 3 heterocycles. The Morgan fingerprint density at radius 1 is 0.333 bits per heavy atom. The summed E-state index contributed by atoms with van der Waals surface area (Å²) in [5.74, 6) is 0. The van der Waals surface area contributed by atoms with E-state index >= 15 is 0 Å². The molecule has 3 nitrogen and oxygen atoms in total. The van der Waals surface area contributed by atoms with Gasteiger partial charge in [-0.15, -0.1) is 0 Å². The molecule has 0 atom stereocenters. The second kappa shape index (κ2) is 10.6. The molecule has 0 bridgehead atoms. The fourth-order valence-electron chi connectivity index (χ4n) is 9.91. The zero-order valence-corrected chi connectivity index (χ0v) is 30.1. The molecular weight excluding hydrogens is 655 g/mol. The molecule has 0 aliphatic heterocycles. The van der Waals surface area contributed by atoms with Crippen molar-refractivity contribution in [3.05, 3.63) is 187 Å². The van der Waals surface area contributed by atoms with Gasteiger partial charge in [0.25, 0.3) is 0 Å². The number of nitrogens with zero attached hydrogens (tertiary/aromatic N) is 3. The highest BCUT2D eigenvalue weighted by molar-refractivity contribution is 6.15. The predicted molar refractivity (Wildman–Crippen MR) is 227 cm³/mol. The quantitative estimate of drug-likeness (QED) is 0.175. The number of rotatable bonds is 3. The van der Waals surface area contributed by atoms with Gasteiger partial charge in [0.1, 0.15) is 0 Å². The van der Waals surface area contributed by atoms with Crippen molar-refractivity contribution >= 4 is 65.4 Å². The number of hydrogen-bond donors (Lipinski definition) is 0. The second-order valence-corrected chi connectivity index (χ2v) is 15.4. The van der Waals surface area contributed by atoms with E-state index in [1.165, 1.54) is 93.4 Å². The normalized spacial score (nSPS) is 13.5. The smallest absolute Gasteiger partial charge is 0.0588 e. The lowest BCUT2D eigenvalue weighted by atomic mass is 9.81. The summed E-state index contributed by atoms with van der Waals surface area (Å²) in [7, 11) is 0. The van der Waals surface area contributed by atoms with Gasteiger partial charge in [0.05, 0.1) is 33.1 Å². The first-order valence-electron chi connectivity index (χ1n) is 18.9. The van der Waals surface area contributed by atoms with E-state index in [0.717, 1.165) is 11.4 Å². The number of para-hydroxylation sites is 4. The van der Waals surface area contributed by atoms with E-state index in [9.17, 15) is 0 Å². The maximum Gasteiger partial charge on any atom is 0.0588 e. The van der Waals surface area contributed by atoms with Gasteiger partial charge in [-0.05, 0) is 82.9 Å². The fraction of sp³-hybridized carbons (Fsp3) is 0.0588. The molecule has 0 N–H and O–H groups in total. The molecule has 0 saturated heterocycles. The van der Waals surface area contributed by atoms with Crippen molar-refractivity contribution in [1.82, 2.24) is 13.7 Å². The zero-order valence-electron chi connectivity index (χ0n) is 30.1. The van der Waals surface area contributed by atoms with E-state index < -0.39 is 0 Å². The third-order valence-corrected chi connectivity index (χ3v) is 12.2. The van der Waals surface area contributed by atoms with E-state index in [1.807, 2.05) is 0 Å². The SMILES string of the molecule is CC1(C)c2ccccc2-c2ccc3c4ccccc4n(-c4ccc5c(c4)c4ccc(-n6c7ccccc7c7ccccc76)cc4n5-c4ccccc4)c3c21.